The molecule has 0 radical (unpaired) electrons. The van der Waals surface area contributed by atoms with E-state index < -0.39 is 0 Å². The van der Waals surface area contributed by atoms with Crippen molar-refractivity contribution < 1.29 is 35.2 Å². The fourth-order valence-electron chi connectivity index (χ4n) is 5.42. The molecule has 0 bridgehead atoms. The maximum Gasteiger partial charge on any atom is 0.245 e. The third kappa shape index (κ3) is 5.10. The molecule has 0 fully saturated rings. The molecule has 6 heteroatoms. The Balaban J connectivity index is 0.00000316. The van der Waals surface area contributed by atoms with Gasteiger partial charge in [-0.15, -0.1) is 0 Å². The van der Waals surface area contributed by atoms with Crippen LogP contribution in [0.2, 0.25) is 0 Å². The third-order valence-electron chi connectivity index (χ3n) is 7.77. The van der Waals surface area contributed by atoms with Gasteiger partial charge in [0.1, 0.15) is 29.2 Å². The van der Waals surface area contributed by atoms with E-state index in [4.69, 9.17) is 8.83 Å². The summed E-state index contributed by atoms with van der Waals surface area (Å²) in [5, 5.41) is 2.08. The second-order valence-corrected chi connectivity index (χ2v) is 10.5. The summed E-state index contributed by atoms with van der Waals surface area (Å²) in [6.45, 7) is 5.06. The molecule has 208 valence electrons. The Morgan fingerprint density at radius 1 is 0.762 bits per heavy atom. The van der Waals surface area contributed by atoms with Crippen LogP contribution in [0.15, 0.2) is 124 Å². The average molecular weight is 618 g/mol. The van der Waals surface area contributed by atoms with E-state index >= 15 is 0 Å². The molecule has 0 aliphatic heterocycles. The summed E-state index contributed by atoms with van der Waals surface area (Å²) in [6, 6.07) is 34.0. The lowest BCUT2D eigenvalue weighted by atomic mass is 10.1. The molecule has 0 aliphatic rings. The van der Waals surface area contributed by atoms with Crippen molar-refractivity contribution in [1.82, 2.24) is 4.57 Å². The van der Waals surface area contributed by atoms with E-state index in [0.29, 0.717) is 12.1 Å². The van der Waals surface area contributed by atoms with Crippen LogP contribution in [0, 0.1) is 13.8 Å². The number of halogens is 1. The summed E-state index contributed by atoms with van der Waals surface area (Å²) in [7, 11) is 0. The van der Waals surface area contributed by atoms with Crippen LogP contribution >= 0.6 is 0 Å². The Hall–Kier alpha value is -4.68. The van der Waals surface area contributed by atoms with Crippen LogP contribution in [0.25, 0.3) is 38.5 Å². The molecule has 0 atom stereocenters. The Kier molecular flexibility index (Phi) is 7.40. The lowest BCUT2D eigenvalue weighted by Crippen LogP contribution is -3.00. The van der Waals surface area contributed by atoms with Gasteiger partial charge >= 0.3 is 0 Å². The van der Waals surface area contributed by atoms with Crippen LogP contribution in [0.1, 0.15) is 33.0 Å². The lowest BCUT2D eigenvalue weighted by Gasteiger charge is -2.02. The van der Waals surface area contributed by atoms with Gasteiger partial charge < -0.3 is 25.8 Å². The van der Waals surface area contributed by atoms with Gasteiger partial charge in [-0.2, -0.15) is 0 Å². The molecule has 0 unspecified atom stereocenters. The number of aromatic nitrogens is 2. The zero-order chi connectivity index (χ0) is 27.9. The van der Waals surface area contributed by atoms with Crippen molar-refractivity contribution in [3.63, 3.8) is 0 Å². The maximum atomic E-state index is 13.2. The number of Topliss-reactive ketones (excluding diaryl/α,β-unsaturated/α-hetero) is 1. The minimum absolute atomic E-state index is 0. The molecule has 4 aromatic carbocycles. The van der Waals surface area contributed by atoms with E-state index in [9.17, 15) is 4.79 Å². The number of nitrogens with zero attached hydrogens (tertiary/aromatic N) is 2. The molecule has 3 aromatic heterocycles. The number of imidazole rings is 1. The Bertz CT molecular complexity index is 1950. The van der Waals surface area contributed by atoms with Gasteiger partial charge in [0.05, 0.1) is 5.57 Å². The molecule has 0 aliphatic carbocycles. The predicted octanol–water partition coefficient (Wildman–Crippen LogP) is 5.06. The average Bonchev–Trinajstić information content (AvgIpc) is 3.70. The van der Waals surface area contributed by atoms with Gasteiger partial charge in [0.15, 0.2) is 17.6 Å². The Labute approximate surface area is 254 Å². The van der Waals surface area contributed by atoms with Gasteiger partial charge in [-0.3, -0.25) is 4.79 Å². The Morgan fingerprint density at radius 2 is 1.33 bits per heavy atom. The zero-order valence-electron chi connectivity index (χ0n) is 23.4. The van der Waals surface area contributed by atoms with Crippen LogP contribution in [0.3, 0.4) is 0 Å². The fraction of sp³-hybridized carbons (Fsp3) is 0.111. The first kappa shape index (κ1) is 27.5. The van der Waals surface area contributed by atoms with Crippen LogP contribution in [-0.4, -0.2) is 10.4 Å². The highest BCUT2D eigenvalue weighted by Gasteiger charge is 2.21. The van der Waals surface area contributed by atoms with Crippen molar-refractivity contribution >= 4 is 44.3 Å². The number of carbonyl (C=O) groups is 1. The SMILES string of the molecule is Cc1cc2c(cc1C)[n+](CC(=O)c1ccccc1)cn2CC=C(c1cc2ccccc2o1)c1cc2ccccc2o1.[Br-]. The predicted molar refractivity (Wildman–Crippen MR) is 162 cm³/mol. The Morgan fingerprint density at radius 3 is 1.95 bits per heavy atom. The molecule has 42 heavy (non-hydrogen) atoms. The molecular formula is C36H29BrN2O3. The van der Waals surface area contributed by atoms with Crippen LogP contribution in [0.5, 0.6) is 0 Å². The number of para-hydroxylation sites is 2. The van der Waals surface area contributed by atoms with E-state index in [1.807, 2.05) is 77.6 Å². The van der Waals surface area contributed by atoms with Crippen molar-refractivity contribution in [3.8, 4) is 0 Å². The van der Waals surface area contributed by atoms with Crippen LogP contribution < -0.4 is 21.5 Å². The fourth-order valence-corrected chi connectivity index (χ4v) is 5.42. The van der Waals surface area contributed by atoms with Gasteiger partial charge in [0.2, 0.25) is 12.1 Å². The number of carbonyl (C=O) groups excluding carboxylic acids is 1. The molecule has 0 saturated carbocycles. The number of allylic oxidation sites excluding steroid dienone is 1. The second-order valence-electron chi connectivity index (χ2n) is 10.5. The molecule has 3 heterocycles. The first-order valence-corrected chi connectivity index (χ1v) is 13.8. The first-order chi connectivity index (χ1) is 20.0. The molecule has 0 saturated heterocycles. The van der Waals surface area contributed by atoms with Crippen molar-refractivity contribution in [2.24, 2.45) is 0 Å². The summed E-state index contributed by atoms with van der Waals surface area (Å²) in [5.41, 5.74) is 7.75. The van der Waals surface area contributed by atoms with E-state index in [1.54, 1.807) is 0 Å². The number of hydrogen-bond donors (Lipinski definition) is 0. The van der Waals surface area contributed by atoms with Crippen molar-refractivity contribution in [2.45, 2.75) is 26.9 Å². The molecule has 7 rings (SSSR count). The van der Waals surface area contributed by atoms with Gasteiger partial charge in [0, 0.05) is 16.3 Å². The van der Waals surface area contributed by atoms with Crippen molar-refractivity contribution in [3.05, 3.63) is 144 Å². The van der Waals surface area contributed by atoms with E-state index in [0.717, 1.165) is 50.1 Å². The second kappa shape index (κ2) is 11.3. The van der Waals surface area contributed by atoms with Crippen molar-refractivity contribution in [2.75, 3.05) is 0 Å². The minimum Gasteiger partial charge on any atom is -1.00 e. The summed E-state index contributed by atoms with van der Waals surface area (Å²) < 4.78 is 16.9. The smallest absolute Gasteiger partial charge is 0.245 e. The first-order valence-electron chi connectivity index (χ1n) is 13.8. The monoisotopic (exact) mass is 616 g/mol. The minimum atomic E-state index is 0. The summed E-state index contributed by atoms with van der Waals surface area (Å²) in [5.74, 6) is 1.58. The zero-order valence-corrected chi connectivity index (χ0v) is 25.0. The van der Waals surface area contributed by atoms with E-state index in [-0.39, 0.29) is 29.3 Å². The van der Waals surface area contributed by atoms with Crippen LogP contribution in [-0.2, 0) is 13.1 Å². The summed E-state index contributed by atoms with van der Waals surface area (Å²) in [6.07, 6.45) is 4.18. The standard InChI is InChI=1S/C36H29N2O3.BrH/c1-24-18-30-31(19-25(24)2)38(22-32(39)26-10-4-3-5-11-26)23-37(30)17-16-29(35-20-27-12-6-8-14-33(27)40-35)36-21-28-13-7-9-15-34(28)41-36;/h3-16,18-21,23H,17,22H2,1-2H3;1H/q+1;/p-1. The summed E-state index contributed by atoms with van der Waals surface area (Å²) in [4.78, 5) is 13.2. The number of hydrogen-bond acceptors (Lipinski definition) is 3. The number of rotatable bonds is 7. The highest BCUT2D eigenvalue weighted by Crippen LogP contribution is 2.33. The van der Waals surface area contributed by atoms with Gasteiger partial charge in [0.25, 0.3) is 0 Å². The van der Waals surface area contributed by atoms with Crippen LogP contribution in [0.4, 0.5) is 0 Å². The molecule has 0 spiro atoms. The summed E-state index contributed by atoms with van der Waals surface area (Å²) >= 11 is 0. The van der Waals surface area contributed by atoms with Gasteiger partial charge in [-0.25, -0.2) is 9.13 Å². The third-order valence-corrected chi connectivity index (χ3v) is 7.77. The molecule has 0 amide bonds. The number of benzene rings is 4. The largest absolute Gasteiger partial charge is 1.00 e. The topological polar surface area (TPSA) is 52.2 Å². The van der Waals surface area contributed by atoms with E-state index in [2.05, 4.69) is 60.9 Å². The molecule has 0 N–H and O–H groups in total. The molecular weight excluding hydrogens is 588 g/mol. The highest BCUT2D eigenvalue weighted by atomic mass is 79.9. The van der Waals surface area contributed by atoms with Gasteiger partial charge in [-0.05, 0) is 67.4 Å². The molecule has 7 aromatic rings. The number of ketones is 1. The normalized spacial score (nSPS) is 11.2. The number of fused-ring (bicyclic) bond motifs is 3. The maximum absolute atomic E-state index is 13.2. The van der Waals surface area contributed by atoms with E-state index in [1.165, 1.54) is 11.1 Å². The highest BCUT2D eigenvalue weighted by molar-refractivity contribution is 5.95. The quantitative estimate of drug-likeness (QED) is 0.186. The lowest BCUT2D eigenvalue weighted by molar-refractivity contribution is -0.657. The van der Waals surface area contributed by atoms with Crippen molar-refractivity contribution in [1.29, 1.82) is 0 Å². The molecule has 5 nitrogen and oxygen atoms in total. The number of aryl methyl sites for hydroxylation is 2. The number of furan rings is 2. The van der Waals surface area contributed by atoms with Gasteiger partial charge in [-0.1, -0.05) is 66.7 Å².